The first-order valence-corrected chi connectivity index (χ1v) is 4.78. The number of aliphatic carboxylic acids is 2. The van der Waals surface area contributed by atoms with Crippen molar-refractivity contribution in [1.82, 2.24) is 0 Å². The van der Waals surface area contributed by atoms with Crippen LogP contribution in [0.1, 0.15) is 0 Å². The molecule has 0 rings (SSSR count). The quantitative estimate of drug-likeness (QED) is 0.751. The summed E-state index contributed by atoms with van der Waals surface area (Å²) in [7, 11) is 0. The van der Waals surface area contributed by atoms with Gasteiger partial charge in [0.25, 0.3) is 0 Å². The Labute approximate surface area is 87.3 Å². The van der Waals surface area contributed by atoms with Crippen LogP contribution in [0, 0.1) is 0 Å². The van der Waals surface area contributed by atoms with E-state index in [0.717, 1.165) is 0 Å². The zero-order valence-corrected chi connectivity index (χ0v) is 9.68. The highest BCUT2D eigenvalue weighted by Crippen LogP contribution is 2.35. The molecule has 2 N–H and O–H groups in total. The first-order chi connectivity index (χ1) is 4.80. The van der Waals surface area contributed by atoms with E-state index in [4.69, 9.17) is 10.2 Å². The summed E-state index contributed by atoms with van der Waals surface area (Å²) >= 11 is 8.09. The topological polar surface area (TPSA) is 74.6 Å². The third kappa shape index (κ3) is 2.72. The molecule has 1 unspecified atom stereocenters. The molecule has 0 aromatic heterocycles. The highest BCUT2D eigenvalue weighted by atomic mass is 79.9. The number of carboxylic acid groups (broad SMARTS) is 2. The van der Waals surface area contributed by atoms with Crippen LogP contribution >= 0.6 is 47.8 Å². The second-order valence-electron chi connectivity index (χ2n) is 1.63. The van der Waals surface area contributed by atoms with Crippen molar-refractivity contribution in [1.29, 1.82) is 0 Å². The average Bonchev–Trinajstić information content (AvgIpc) is 1.85. The predicted molar refractivity (Wildman–Crippen MR) is 48.6 cm³/mol. The first-order valence-electron chi connectivity index (χ1n) is 2.28. The lowest BCUT2D eigenvalue weighted by Gasteiger charge is -2.17. The van der Waals surface area contributed by atoms with Crippen LogP contribution < -0.4 is 0 Å². The summed E-state index contributed by atoms with van der Waals surface area (Å²) in [5, 5.41) is 16.9. The van der Waals surface area contributed by atoms with Gasteiger partial charge >= 0.3 is 11.9 Å². The van der Waals surface area contributed by atoms with Gasteiger partial charge in [-0.05, 0) is 0 Å². The number of carbonyl (C=O) groups is 2. The van der Waals surface area contributed by atoms with Gasteiger partial charge in [0.15, 0.2) is 3.23 Å². The van der Waals surface area contributed by atoms with Gasteiger partial charge in [-0.1, -0.05) is 47.8 Å². The normalized spacial score (nSPS) is 14.1. The minimum Gasteiger partial charge on any atom is -0.480 e. The largest absolute Gasteiger partial charge is 0.480 e. The molecule has 1 atom stereocenters. The fourth-order valence-electron chi connectivity index (χ4n) is 0.263. The van der Waals surface area contributed by atoms with Crippen molar-refractivity contribution in [2.75, 3.05) is 0 Å². The molecular weight excluding hydrogens is 352 g/mol. The molecule has 0 fully saturated rings. The number of halogens is 3. The van der Waals surface area contributed by atoms with Crippen molar-refractivity contribution in [3.05, 3.63) is 0 Å². The van der Waals surface area contributed by atoms with E-state index in [-0.39, 0.29) is 0 Å². The Morgan fingerprint density at radius 3 is 1.73 bits per heavy atom. The molecule has 0 spiro atoms. The standard InChI is InChI=1S/C4H3Br3O4/c5-1(2(8)9)4(6,7)3(10)11/h1H,(H,8,9)(H,10,11). The van der Waals surface area contributed by atoms with Gasteiger partial charge in [-0.15, -0.1) is 0 Å². The highest BCUT2D eigenvalue weighted by molar-refractivity contribution is 9.26. The molecule has 0 aliphatic heterocycles. The van der Waals surface area contributed by atoms with E-state index in [1.54, 1.807) is 0 Å². The number of alkyl halides is 3. The maximum Gasteiger partial charge on any atom is 0.333 e. The van der Waals surface area contributed by atoms with E-state index in [1.165, 1.54) is 0 Å². The van der Waals surface area contributed by atoms with Crippen LogP contribution in [0.4, 0.5) is 0 Å². The third-order valence-corrected chi connectivity index (χ3v) is 4.72. The number of carboxylic acids is 2. The summed E-state index contributed by atoms with van der Waals surface area (Å²) < 4.78 is -1.66. The van der Waals surface area contributed by atoms with Gasteiger partial charge in [-0.2, -0.15) is 0 Å². The summed E-state index contributed by atoms with van der Waals surface area (Å²) in [6.07, 6.45) is 0. The van der Waals surface area contributed by atoms with E-state index in [2.05, 4.69) is 47.8 Å². The molecule has 0 aliphatic carbocycles. The SMILES string of the molecule is O=C(O)C(Br)C(Br)(Br)C(=O)O. The second kappa shape index (κ2) is 3.86. The molecule has 4 nitrogen and oxygen atoms in total. The van der Waals surface area contributed by atoms with Crippen LogP contribution in [-0.2, 0) is 9.59 Å². The molecule has 0 saturated carbocycles. The van der Waals surface area contributed by atoms with Crippen molar-refractivity contribution in [2.24, 2.45) is 0 Å². The fraction of sp³-hybridized carbons (Fsp3) is 0.500. The molecule has 0 aliphatic rings. The van der Waals surface area contributed by atoms with Gasteiger partial charge in [0, 0.05) is 0 Å². The van der Waals surface area contributed by atoms with Crippen LogP contribution in [0.2, 0.25) is 0 Å². The molecular formula is C4H3Br3O4. The van der Waals surface area contributed by atoms with E-state index in [9.17, 15) is 9.59 Å². The summed E-state index contributed by atoms with van der Waals surface area (Å²) in [6, 6.07) is 0. The first kappa shape index (κ1) is 11.4. The van der Waals surface area contributed by atoms with Crippen molar-refractivity contribution in [3.63, 3.8) is 0 Å². The lowest BCUT2D eigenvalue weighted by molar-refractivity contribution is -0.142. The molecule has 0 aromatic carbocycles. The number of hydrogen-bond donors (Lipinski definition) is 2. The van der Waals surface area contributed by atoms with Crippen molar-refractivity contribution in [2.45, 2.75) is 8.06 Å². The Morgan fingerprint density at radius 2 is 1.64 bits per heavy atom. The Morgan fingerprint density at radius 1 is 1.27 bits per heavy atom. The van der Waals surface area contributed by atoms with Crippen molar-refractivity contribution in [3.8, 4) is 0 Å². The van der Waals surface area contributed by atoms with Gasteiger partial charge in [0.2, 0.25) is 0 Å². The molecule has 7 heteroatoms. The summed E-state index contributed by atoms with van der Waals surface area (Å²) in [5.74, 6) is -2.57. The van der Waals surface area contributed by atoms with Gasteiger partial charge in [0.05, 0.1) is 0 Å². The zero-order valence-electron chi connectivity index (χ0n) is 4.92. The van der Waals surface area contributed by atoms with E-state index < -0.39 is 20.0 Å². The van der Waals surface area contributed by atoms with Crippen LogP contribution in [0.25, 0.3) is 0 Å². The molecule has 0 heterocycles. The average molecular weight is 355 g/mol. The lowest BCUT2D eigenvalue weighted by Crippen LogP contribution is -2.39. The van der Waals surface area contributed by atoms with Crippen molar-refractivity contribution >= 4 is 59.7 Å². The Balaban J connectivity index is 4.55. The Kier molecular flexibility index (Phi) is 3.99. The predicted octanol–water partition coefficient (Wildman–Crippen LogP) is 1.41. The van der Waals surface area contributed by atoms with Crippen molar-refractivity contribution < 1.29 is 19.8 Å². The summed E-state index contributed by atoms with van der Waals surface area (Å²) in [6.45, 7) is 0. The molecule has 0 saturated heterocycles. The smallest absolute Gasteiger partial charge is 0.333 e. The summed E-state index contributed by atoms with van der Waals surface area (Å²) in [5.41, 5.74) is 0. The monoisotopic (exact) mass is 352 g/mol. The number of rotatable bonds is 3. The van der Waals surface area contributed by atoms with Crippen LogP contribution in [0.5, 0.6) is 0 Å². The van der Waals surface area contributed by atoms with Crippen LogP contribution in [0.15, 0.2) is 0 Å². The Bertz CT molecular complexity index is 190. The second-order valence-corrected chi connectivity index (χ2v) is 6.11. The van der Waals surface area contributed by atoms with Crippen LogP contribution in [0.3, 0.4) is 0 Å². The minimum absolute atomic E-state index is 1.23. The van der Waals surface area contributed by atoms with Crippen LogP contribution in [-0.4, -0.2) is 30.2 Å². The fourth-order valence-corrected chi connectivity index (χ4v) is 0.851. The zero-order chi connectivity index (χ0) is 9.23. The highest BCUT2D eigenvalue weighted by Gasteiger charge is 2.44. The van der Waals surface area contributed by atoms with Gasteiger partial charge in [-0.3, -0.25) is 4.79 Å². The molecule has 0 bridgehead atoms. The molecule has 0 amide bonds. The number of hydrogen-bond acceptors (Lipinski definition) is 2. The molecule has 11 heavy (non-hydrogen) atoms. The summed E-state index contributed by atoms with van der Waals surface area (Å²) in [4.78, 5) is 19.4. The lowest BCUT2D eigenvalue weighted by atomic mass is 10.3. The molecule has 0 aromatic rings. The van der Waals surface area contributed by atoms with E-state index >= 15 is 0 Å². The molecule has 0 radical (unpaired) electrons. The van der Waals surface area contributed by atoms with Gasteiger partial charge < -0.3 is 10.2 Å². The van der Waals surface area contributed by atoms with Gasteiger partial charge in [0.1, 0.15) is 4.83 Å². The maximum absolute atomic E-state index is 10.4. The molecule has 64 valence electrons. The van der Waals surface area contributed by atoms with E-state index in [1.807, 2.05) is 0 Å². The van der Waals surface area contributed by atoms with E-state index in [0.29, 0.717) is 0 Å². The van der Waals surface area contributed by atoms with Gasteiger partial charge in [-0.25, -0.2) is 4.79 Å². The third-order valence-electron chi connectivity index (χ3n) is 0.820. The Hall–Kier alpha value is 0.380. The maximum atomic E-state index is 10.4. The minimum atomic E-state index is -1.66.